The Hall–Kier alpha value is -2.56. The van der Waals surface area contributed by atoms with E-state index in [-0.39, 0.29) is 0 Å². The van der Waals surface area contributed by atoms with Crippen LogP contribution < -0.4 is 0 Å². The lowest BCUT2D eigenvalue weighted by Crippen LogP contribution is -2.69. The van der Waals surface area contributed by atoms with Gasteiger partial charge in [0.2, 0.25) is 0 Å². The summed E-state index contributed by atoms with van der Waals surface area (Å²) in [5.41, 5.74) is 0. The maximum Gasteiger partial charge on any atom is 0.397 e. The molecule has 5 rings (SSSR count). The van der Waals surface area contributed by atoms with Crippen LogP contribution in [0.2, 0.25) is 0 Å². The first-order valence-electron chi connectivity index (χ1n) is 23.1. The Labute approximate surface area is 484 Å². The van der Waals surface area contributed by atoms with Gasteiger partial charge in [0.15, 0.2) is 62.0 Å². The first-order chi connectivity index (χ1) is 39.5. The number of methoxy groups -OCH3 is 4. The molecule has 0 unspecified atom stereocenters. The Morgan fingerprint density at radius 1 is 0.360 bits per heavy atom. The van der Waals surface area contributed by atoms with Crippen molar-refractivity contribution < 1.29 is 210 Å². The molecule has 0 bridgehead atoms. The van der Waals surface area contributed by atoms with Crippen LogP contribution in [0.5, 0.6) is 0 Å². The van der Waals surface area contributed by atoms with Crippen molar-refractivity contribution in [1.82, 2.24) is 0 Å². The number of rotatable bonds is 29. The lowest BCUT2D eigenvalue weighted by Gasteiger charge is -2.50. The Morgan fingerprint density at radius 3 is 1.00 bits per heavy atom. The van der Waals surface area contributed by atoms with E-state index >= 15 is 0 Å². The van der Waals surface area contributed by atoms with Gasteiger partial charge in [-0.1, -0.05) is 0 Å². The zero-order valence-corrected chi connectivity index (χ0v) is 48.2. The van der Waals surface area contributed by atoms with Crippen LogP contribution >= 0.6 is 0 Å². The first-order valence-corrected chi connectivity index (χ1v) is 31.3. The third-order valence-electron chi connectivity index (χ3n) is 12.5. The number of aliphatic hydroxyl groups excluding tert-OH is 5. The van der Waals surface area contributed by atoms with Gasteiger partial charge in [-0.05, 0) is 0 Å². The van der Waals surface area contributed by atoms with Crippen molar-refractivity contribution in [2.24, 2.45) is 0 Å². The lowest BCUT2D eigenvalue weighted by atomic mass is 9.95. The third-order valence-corrected chi connectivity index (χ3v) is 15.2. The number of carbonyl (C=O) groups is 2. The molecule has 0 aromatic heterocycles. The molecule has 86 heavy (non-hydrogen) atoms. The molecule has 52 heteroatoms. The van der Waals surface area contributed by atoms with E-state index in [1.54, 1.807) is 0 Å². The van der Waals surface area contributed by atoms with Gasteiger partial charge in [0.05, 0.1) is 19.8 Å². The fraction of sp³-hybridized carbons (Fsp3) is 0.941. The second-order valence-corrected chi connectivity index (χ2v) is 24.2. The van der Waals surface area contributed by atoms with Crippen molar-refractivity contribution in [2.75, 3.05) is 48.3 Å². The van der Waals surface area contributed by atoms with Crippen LogP contribution in [0, 0.1) is 0 Å². The minimum atomic E-state index is -6.03. The molecule has 0 saturated carbocycles. The van der Waals surface area contributed by atoms with Crippen LogP contribution in [-0.4, -0.2) is 327 Å². The molecule has 0 aromatic carbocycles. The summed E-state index contributed by atoms with van der Waals surface area (Å²) in [5.74, 6) is -4.46. The smallest absolute Gasteiger partial charge is 0.397 e. The van der Waals surface area contributed by atoms with E-state index in [9.17, 15) is 123 Å². The molecular formula is C34H56O46S6. The summed E-state index contributed by atoms with van der Waals surface area (Å²) in [6, 6.07) is 0. The molecule has 0 aromatic rings. The molecule has 0 amide bonds. The summed E-state index contributed by atoms with van der Waals surface area (Å²) < 4.78 is 301. The molecule has 5 aliphatic rings. The van der Waals surface area contributed by atoms with Gasteiger partial charge in [-0.3, -0.25) is 27.3 Å². The Morgan fingerprint density at radius 2 is 0.663 bits per heavy atom. The highest BCUT2D eigenvalue weighted by molar-refractivity contribution is 7.82. The molecule has 13 N–H and O–H groups in total. The van der Waals surface area contributed by atoms with Crippen molar-refractivity contribution in [3.05, 3.63) is 0 Å². The molecule has 504 valence electrons. The molecule has 0 spiro atoms. The van der Waals surface area contributed by atoms with Gasteiger partial charge in [0.25, 0.3) is 0 Å². The van der Waals surface area contributed by atoms with Gasteiger partial charge in [-0.15, -0.1) is 0 Å². The second-order valence-electron chi connectivity index (χ2n) is 17.9. The summed E-state index contributed by atoms with van der Waals surface area (Å²) in [7, 11) is -31.6. The van der Waals surface area contributed by atoms with Crippen LogP contribution in [0.15, 0.2) is 0 Å². The van der Waals surface area contributed by atoms with Crippen molar-refractivity contribution >= 4 is 74.3 Å². The first kappa shape index (κ1) is 74.2. The Bertz CT molecular complexity index is 2990. The fourth-order valence-corrected chi connectivity index (χ4v) is 12.0. The predicted octanol–water partition coefficient (Wildman–Crippen LogP) is -10.2. The average molecular weight is 1390 g/mol. The zero-order valence-electron chi connectivity index (χ0n) is 43.3. The highest BCUT2D eigenvalue weighted by atomic mass is 32.3. The number of ether oxygens (including phenoxy) is 13. The third kappa shape index (κ3) is 19.5. The van der Waals surface area contributed by atoms with Gasteiger partial charge in [0.1, 0.15) is 91.6 Å². The van der Waals surface area contributed by atoms with Gasteiger partial charge in [0, 0.05) is 28.4 Å². The molecule has 0 aliphatic carbocycles. The summed E-state index contributed by atoms with van der Waals surface area (Å²) in [4.78, 5) is 26.0. The average Bonchev–Trinajstić information content (AvgIpc) is 1.11. The predicted molar refractivity (Wildman–Crippen MR) is 249 cm³/mol. The van der Waals surface area contributed by atoms with E-state index in [2.05, 4.69) is 25.1 Å². The minimum Gasteiger partial charge on any atom is -0.479 e. The molecule has 25 atom stereocenters. The molecule has 46 nitrogen and oxygen atoms in total. The fourth-order valence-electron chi connectivity index (χ4n) is 9.29. The summed E-state index contributed by atoms with van der Waals surface area (Å²) >= 11 is 0. The van der Waals surface area contributed by atoms with Crippen LogP contribution in [0.1, 0.15) is 0 Å². The van der Waals surface area contributed by atoms with E-state index in [1.165, 1.54) is 0 Å². The van der Waals surface area contributed by atoms with Crippen molar-refractivity contribution in [3.63, 3.8) is 0 Å². The van der Waals surface area contributed by atoms with E-state index in [1.807, 2.05) is 0 Å². The molecule has 5 heterocycles. The topological polar surface area (TPSA) is 677 Å². The van der Waals surface area contributed by atoms with Crippen molar-refractivity contribution in [3.8, 4) is 0 Å². The minimum absolute atomic E-state index is 0.624. The zero-order chi connectivity index (χ0) is 65.1. The van der Waals surface area contributed by atoms with Gasteiger partial charge in [-0.2, -0.15) is 50.5 Å². The molecule has 5 fully saturated rings. The van der Waals surface area contributed by atoms with E-state index in [0.29, 0.717) is 14.2 Å². The summed E-state index contributed by atoms with van der Waals surface area (Å²) in [6.45, 7) is -4.20. The van der Waals surface area contributed by atoms with Crippen molar-refractivity contribution in [2.45, 2.75) is 154 Å². The number of aliphatic carboxylic acids is 2. The standard InChI is InChI=1S/C34H56O46S6/c1-62-13-10(7-66-81(44,45)46)69-32(25(18(13)63-2)78-84(53,54)55)73-22-20(65-4)27(80-86(59,60)61)34(75-24(22)29(41)42)71-15-9(6-36)68-31(12(38)17(15)77-83(50,51)52)72-21-19(64-3)26(79-85(56,57)58)33(74-23(21)28(39)40)70-14-8(5-35)67-30(43)11(37)16(14)76-82(47,48)49/h8-27,30-38,43H,5-7H2,1-4H3,(H,39,40)(H,41,42)(H,44,45,46)(H,47,48,49)(H,50,51,52)(H,53,54,55)(H,56,57,58)(H,59,60,61)/t8-,9-,10-,11-,12-,13-,14-,15-,16-,17-,18+,19+,20+,21+,22+,23-,24+,25-,26-,27-,30+,31-,32-,33-,34-/m1/s1. The number of hydrogen-bond acceptors (Lipinski definition) is 38. The molecule has 5 aliphatic heterocycles. The van der Waals surface area contributed by atoms with E-state index in [0.717, 1.165) is 14.2 Å². The Kier molecular flexibility index (Phi) is 25.3. The van der Waals surface area contributed by atoms with E-state index < -0.39 is 248 Å². The van der Waals surface area contributed by atoms with Crippen LogP contribution in [0.25, 0.3) is 0 Å². The summed E-state index contributed by atoms with van der Waals surface area (Å²) in [6.07, 6.45) is -63.5. The number of carboxylic acid groups (broad SMARTS) is 2. The lowest BCUT2D eigenvalue weighted by molar-refractivity contribution is -0.385. The van der Waals surface area contributed by atoms with E-state index in [4.69, 9.17) is 61.6 Å². The molecule has 0 radical (unpaired) electrons. The quantitative estimate of drug-likeness (QED) is 0.0309. The normalized spacial score (nSPS) is 39.8. The van der Waals surface area contributed by atoms with Gasteiger partial charge in [-0.25, -0.2) is 34.7 Å². The maximum absolute atomic E-state index is 13.1. The number of carboxylic acids is 2. The Balaban J connectivity index is 1.56. The molecular weight excluding hydrogens is 1340 g/mol. The molecule has 5 saturated heterocycles. The second kappa shape index (κ2) is 29.4. The van der Waals surface area contributed by atoms with Crippen molar-refractivity contribution in [1.29, 1.82) is 0 Å². The maximum atomic E-state index is 13.1. The van der Waals surface area contributed by atoms with Gasteiger partial charge >= 0.3 is 74.3 Å². The largest absolute Gasteiger partial charge is 0.479 e. The number of aliphatic hydroxyl groups is 5. The van der Waals surface area contributed by atoms with Crippen LogP contribution in [-0.2, 0) is 159 Å². The monoisotopic (exact) mass is 1390 g/mol. The summed E-state index contributed by atoms with van der Waals surface area (Å²) in [5, 5.41) is 74.0. The highest BCUT2D eigenvalue weighted by Gasteiger charge is 2.62. The SMILES string of the molecule is CO[C@@H]1[C@@H](OS(=O)(=O)O)[C@H](O[C@H]2[C@H](OS(=O)(=O)O)[C@@H](O)[C@@H](O[C@H]3[C@H](OC)[C@@H](OS(=O)(=O)O)[C@H](O[C@H]4[C@H](OS(=O)(=O)O)[C@@H](O)[C@@H](O)O[C@@H]4CO)O[C@H]3C(=O)O)O[C@@H]2CO)O[C@H](C(=O)O)[C@H]1O[C@H]1O[C@H](COS(=O)(=O)O)[C@@H](OC)[C@H](OC)[C@H]1OS(=O)(=O)O. The highest BCUT2D eigenvalue weighted by Crippen LogP contribution is 2.40. The van der Waals surface area contributed by atoms with Gasteiger partial charge < -0.3 is 97.3 Å². The van der Waals surface area contributed by atoms with Crippen LogP contribution in [0.3, 0.4) is 0 Å². The number of hydrogen-bond donors (Lipinski definition) is 13. The van der Waals surface area contributed by atoms with Crippen LogP contribution in [0.4, 0.5) is 0 Å².